The largest absolute Gasteiger partial charge is 0.495 e. The van der Waals surface area contributed by atoms with Crippen molar-refractivity contribution in [3.63, 3.8) is 0 Å². The summed E-state index contributed by atoms with van der Waals surface area (Å²) in [5.41, 5.74) is 1.47. The Morgan fingerprint density at radius 1 is 0.950 bits per heavy atom. The zero-order valence-corrected chi connectivity index (χ0v) is 25.0. The minimum absolute atomic E-state index is 0.113. The van der Waals surface area contributed by atoms with E-state index in [-0.39, 0.29) is 30.3 Å². The normalized spacial score (nSPS) is 11.9. The lowest BCUT2D eigenvalue weighted by molar-refractivity contribution is -0.140. The number of hydrogen-bond acceptors (Lipinski definition) is 5. The van der Waals surface area contributed by atoms with Crippen molar-refractivity contribution in [3.05, 3.63) is 94.0 Å². The van der Waals surface area contributed by atoms with Crippen LogP contribution in [-0.4, -0.2) is 57.6 Å². The summed E-state index contributed by atoms with van der Waals surface area (Å²) in [6, 6.07) is 19.8. The number of amides is 2. The summed E-state index contributed by atoms with van der Waals surface area (Å²) < 4.78 is 32.2. The van der Waals surface area contributed by atoms with E-state index in [4.69, 9.17) is 27.9 Å². The van der Waals surface area contributed by atoms with Crippen LogP contribution in [0.5, 0.6) is 5.75 Å². The molecule has 1 N–H and O–H groups in total. The van der Waals surface area contributed by atoms with Crippen LogP contribution >= 0.6 is 23.2 Å². The Morgan fingerprint density at radius 3 is 2.17 bits per heavy atom. The van der Waals surface area contributed by atoms with Crippen LogP contribution in [0.3, 0.4) is 0 Å². The molecule has 3 rings (SSSR count). The van der Waals surface area contributed by atoms with E-state index in [1.807, 2.05) is 37.3 Å². The predicted molar refractivity (Wildman–Crippen MR) is 159 cm³/mol. The Balaban J connectivity index is 2.11. The first-order valence-corrected chi connectivity index (χ1v) is 15.3. The van der Waals surface area contributed by atoms with Crippen LogP contribution in [-0.2, 0) is 32.6 Å². The van der Waals surface area contributed by atoms with E-state index in [9.17, 15) is 18.0 Å². The number of halogens is 2. The SMILES string of the molecule is CCCNC(=O)C(Cc1ccccc1)N(Cc1c(Cl)cccc1Cl)C(=O)CN(c1ccccc1OC)S(C)(=O)=O. The average molecular weight is 607 g/mol. The molecule has 214 valence electrons. The van der Waals surface area contributed by atoms with Gasteiger partial charge in [-0.25, -0.2) is 8.42 Å². The van der Waals surface area contributed by atoms with Gasteiger partial charge in [-0.3, -0.25) is 13.9 Å². The third kappa shape index (κ3) is 8.13. The van der Waals surface area contributed by atoms with Gasteiger partial charge in [0.15, 0.2) is 0 Å². The first kappa shape index (κ1) is 31.3. The van der Waals surface area contributed by atoms with Crippen molar-refractivity contribution in [1.29, 1.82) is 0 Å². The number of ether oxygens (including phenoxy) is 1. The Kier molecular flexibility index (Phi) is 11.2. The molecule has 0 fully saturated rings. The number of para-hydroxylation sites is 2. The van der Waals surface area contributed by atoms with E-state index in [2.05, 4.69) is 5.32 Å². The van der Waals surface area contributed by atoms with Gasteiger partial charge in [-0.15, -0.1) is 0 Å². The van der Waals surface area contributed by atoms with E-state index < -0.39 is 28.5 Å². The molecule has 0 aliphatic heterocycles. The van der Waals surface area contributed by atoms with Gasteiger partial charge in [0.1, 0.15) is 18.3 Å². The molecular formula is C29H33Cl2N3O5S. The van der Waals surface area contributed by atoms with E-state index in [0.717, 1.165) is 16.1 Å². The van der Waals surface area contributed by atoms with Gasteiger partial charge in [-0.2, -0.15) is 0 Å². The van der Waals surface area contributed by atoms with Gasteiger partial charge in [0.25, 0.3) is 0 Å². The highest BCUT2D eigenvalue weighted by Gasteiger charge is 2.34. The highest BCUT2D eigenvalue weighted by atomic mass is 35.5. The number of sulfonamides is 1. The van der Waals surface area contributed by atoms with Crippen molar-refractivity contribution >= 4 is 50.7 Å². The second kappa shape index (κ2) is 14.4. The third-order valence-electron chi connectivity index (χ3n) is 6.24. The first-order valence-electron chi connectivity index (χ1n) is 12.7. The molecule has 0 spiro atoms. The quantitative estimate of drug-likeness (QED) is 0.298. The molecule has 2 amide bonds. The van der Waals surface area contributed by atoms with E-state index in [1.165, 1.54) is 12.0 Å². The van der Waals surface area contributed by atoms with Gasteiger partial charge >= 0.3 is 0 Å². The van der Waals surface area contributed by atoms with E-state index >= 15 is 0 Å². The second-order valence-corrected chi connectivity index (χ2v) is 11.9. The number of anilines is 1. The topological polar surface area (TPSA) is 96.0 Å². The summed E-state index contributed by atoms with van der Waals surface area (Å²) in [6.07, 6.45) is 1.90. The molecule has 1 atom stereocenters. The van der Waals surface area contributed by atoms with Gasteiger partial charge in [0, 0.05) is 35.1 Å². The van der Waals surface area contributed by atoms with Crippen molar-refractivity contribution in [2.45, 2.75) is 32.4 Å². The second-order valence-electron chi connectivity index (χ2n) is 9.16. The molecule has 0 aliphatic rings. The van der Waals surface area contributed by atoms with Crippen LogP contribution in [0.4, 0.5) is 5.69 Å². The molecule has 0 aromatic heterocycles. The van der Waals surface area contributed by atoms with E-state index in [0.29, 0.717) is 28.6 Å². The molecule has 0 saturated carbocycles. The smallest absolute Gasteiger partial charge is 0.244 e. The monoisotopic (exact) mass is 605 g/mol. The molecule has 40 heavy (non-hydrogen) atoms. The zero-order valence-electron chi connectivity index (χ0n) is 22.6. The van der Waals surface area contributed by atoms with Crippen molar-refractivity contribution in [2.24, 2.45) is 0 Å². The molecule has 3 aromatic rings. The number of carbonyl (C=O) groups excluding carboxylic acids is 2. The van der Waals surface area contributed by atoms with Crippen LogP contribution < -0.4 is 14.4 Å². The lowest BCUT2D eigenvalue weighted by Crippen LogP contribution is -2.53. The van der Waals surface area contributed by atoms with Crippen molar-refractivity contribution in [1.82, 2.24) is 10.2 Å². The predicted octanol–water partition coefficient (Wildman–Crippen LogP) is 4.93. The number of hydrogen-bond donors (Lipinski definition) is 1. The number of benzene rings is 3. The summed E-state index contributed by atoms with van der Waals surface area (Å²) in [7, 11) is -2.52. The zero-order chi connectivity index (χ0) is 29.3. The molecule has 3 aromatic carbocycles. The van der Waals surface area contributed by atoms with Crippen LogP contribution in [0, 0.1) is 0 Å². The third-order valence-corrected chi connectivity index (χ3v) is 8.08. The Hall–Kier alpha value is -3.27. The summed E-state index contributed by atoms with van der Waals surface area (Å²) in [6.45, 7) is 1.65. The highest BCUT2D eigenvalue weighted by Crippen LogP contribution is 2.31. The lowest BCUT2D eigenvalue weighted by atomic mass is 10.0. The first-order chi connectivity index (χ1) is 19.1. The van der Waals surface area contributed by atoms with Crippen LogP contribution in [0.25, 0.3) is 0 Å². The molecule has 0 radical (unpaired) electrons. The van der Waals surface area contributed by atoms with Crippen LogP contribution in [0.15, 0.2) is 72.8 Å². The fourth-order valence-electron chi connectivity index (χ4n) is 4.20. The number of nitrogens with one attached hydrogen (secondary N) is 1. The standard InChI is InChI=1S/C29H33Cl2N3O5S/c1-4-17-32-29(36)26(18-21-11-6-5-7-12-21)33(19-22-23(30)13-10-14-24(22)31)28(35)20-34(40(3,37)38)25-15-8-9-16-27(25)39-2/h5-16,26H,4,17-20H2,1-3H3,(H,32,36). The average Bonchev–Trinajstić information content (AvgIpc) is 2.93. The maximum atomic E-state index is 14.1. The molecule has 8 nitrogen and oxygen atoms in total. The van der Waals surface area contributed by atoms with Crippen molar-refractivity contribution in [3.8, 4) is 5.75 Å². The Bertz CT molecular complexity index is 1400. The van der Waals surface area contributed by atoms with Gasteiger partial charge in [-0.05, 0) is 36.2 Å². The van der Waals surface area contributed by atoms with Gasteiger partial charge in [0.2, 0.25) is 21.8 Å². The maximum Gasteiger partial charge on any atom is 0.244 e. The van der Waals surface area contributed by atoms with Crippen LogP contribution in [0.1, 0.15) is 24.5 Å². The van der Waals surface area contributed by atoms with E-state index in [1.54, 1.807) is 42.5 Å². The number of rotatable bonds is 13. The fraction of sp³-hybridized carbons (Fsp3) is 0.310. The van der Waals surface area contributed by atoms with Crippen LogP contribution in [0.2, 0.25) is 10.0 Å². The molecule has 1 unspecified atom stereocenters. The summed E-state index contributed by atoms with van der Waals surface area (Å²) in [5, 5.41) is 3.53. The lowest BCUT2D eigenvalue weighted by Gasteiger charge is -2.34. The molecule has 0 aliphatic carbocycles. The molecular weight excluding hydrogens is 573 g/mol. The summed E-state index contributed by atoms with van der Waals surface area (Å²) >= 11 is 12.9. The van der Waals surface area contributed by atoms with Gasteiger partial charge in [-0.1, -0.05) is 78.7 Å². The minimum Gasteiger partial charge on any atom is -0.495 e. The van der Waals surface area contributed by atoms with Gasteiger partial charge < -0.3 is 15.0 Å². The Morgan fingerprint density at radius 2 is 1.57 bits per heavy atom. The van der Waals surface area contributed by atoms with Gasteiger partial charge in [0.05, 0.1) is 19.1 Å². The molecule has 0 bridgehead atoms. The minimum atomic E-state index is -3.93. The summed E-state index contributed by atoms with van der Waals surface area (Å²) in [4.78, 5) is 29.0. The highest BCUT2D eigenvalue weighted by molar-refractivity contribution is 7.92. The molecule has 0 heterocycles. The fourth-order valence-corrected chi connectivity index (χ4v) is 5.57. The van der Waals surface area contributed by atoms with Crippen molar-refractivity contribution < 1.29 is 22.7 Å². The number of nitrogens with zero attached hydrogens (tertiary/aromatic N) is 2. The number of carbonyl (C=O) groups is 2. The van der Waals surface area contributed by atoms with Crippen molar-refractivity contribution in [2.75, 3.05) is 30.8 Å². The maximum absolute atomic E-state index is 14.1. The number of methoxy groups -OCH3 is 1. The molecule has 0 saturated heterocycles. The summed E-state index contributed by atoms with van der Waals surface area (Å²) in [5.74, 6) is -0.701. The molecule has 11 heteroatoms. The Labute approximate surface area is 245 Å².